The summed E-state index contributed by atoms with van der Waals surface area (Å²) < 4.78 is 10.3. The lowest BCUT2D eigenvalue weighted by molar-refractivity contribution is -0.384. The van der Waals surface area contributed by atoms with E-state index in [1.807, 2.05) is 0 Å². The van der Waals surface area contributed by atoms with Crippen molar-refractivity contribution in [3.8, 4) is 11.3 Å². The van der Waals surface area contributed by atoms with Crippen LogP contribution in [0.1, 0.15) is 26.5 Å². The zero-order chi connectivity index (χ0) is 21.7. The van der Waals surface area contributed by atoms with Gasteiger partial charge in [-0.2, -0.15) is 5.10 Å². The number of nitro benzene ring substituents is 1. The fraction of sp³-hybridized carbons (Fsp3) is 0.0500. The van der Waals surface area contributed by atoms with Gasteiger partial charge in [-0.05, 0) is 36.4 Å². The highest BCUT2D eigenvalue weighted by molar-refractivity contribution is 6.33. The number of carbonyl (C=O) groups excluding carboxylic acids is 2. The van der Waals surface area contributed by atoms with Gasteiger partial charge < -0.3 is 9.15 Å². The highest BCUT2D eigenvalue weighted by Gasteiger charge is 2.14. The molecule has 152 valence electrons. The molecule has 0 spiro atoms. The third kappa shape index (κ3) is 4.70. The van der Waals surface area contributed by atoms with E-state index in [1.165, 1.54) is 43.7 Å². The molecular weight excluding hydrogens is 414 g/mol. The minimum atomic E-state index is -0.615. The molecule has 0 aliphatic carbocycles. The SMILES string of the molecule is COC(=O)c1ccc(Cl)c(-c2ccc(/C=N\NC(=O)c3cccc([N+](=O)[O-])c3)o2)c1. The van der Waals surface area contributed by atoms with Crippen LogP contribution in [0, 0.1) is 10.1 Å². The second-order valence-electron chi connectivity index (χ2n) is 5.89. The van der Waals surface area contributed by atoms with Crippen LogP contribution in [-0.2, 0) is 4.74 Å². The lowest BCUT2D eigenvalue weighted by Crippen LogP contribution is -2.17. The number of methoxy groups -OCH3 is 1. The van der Waals surface area contributed by atoms with E-state index in [0.717, 1.165) is 6.07 Å². The number of nitrogens with one attached hydrogen (secondary N) is 1. The number of hydrazone groups is 1. The highest BCUT2D eigenvalue weighted by atomic mass is 35.5. The van der Waals surface area contributed by atoms with E-state index in [1.54, 1.807) is 18.2 Å². The predicted octanol–water partition coefficient (Wildman–Crippen LogP) is 4.06. The van der Waals surface area contributed by atoms with E-state index in [2.05, 4.69) is 10.5 Å². The van der Waals surface area contributed by atoms with Crippen molar-refractivity contribution in [1.29, 1.82) is 0 Å². The molecule has 1 N–H and O–H groups in total. The normalized spacial score (nSPS) is 10.7. The molecule has 3 aromatic rings. The molecule has 0 fully saturated rings. The van der Waals surface area contributed by atoms with Gasteiger partial charge in [0.25, 0.3) is 11.6 Å². The second-order valence-corrected chi connectivity index (χ2v) is 6.30. The molecule has 1 aromatic heterocycles. The Morgan fingerprint density at radius 1 is 1.17 bits per heavy atom. The third-order valence-corrected chi connectivity index (χ3v) is 4.29. The molecule has 10 heteroatoms. The molecule has 0 unspecified atom stereocenters. The minimum absolute atomic E-state index is 0.0906. The lowest BCUT2D eigenvalue weighted by atomic mass is 10.1. The number of nitrogens with zero attached hydrogens (tertiary/aromatic N) is 2. The summed E-state index contributed by atoms with van der Waals surface area (Å²) in [6.07, 6.45) is 1.26. The van der Waals surface area contributed by atoms with E-state index in [0.29, 0.717) is 27.7 Å². The quantitative estimate of drug-likeness (QED) is 0.274. The van der Waals surface area contributed by atoms with Crippen molar-refractivity contribution in [3.63, 3.8) is 0 Å². The minimum Gasteiger partial charge on any atom is -0.465 e. The Balaban J connectivity index is 1.72. The van der Waals surface area contributed by atoms with Crippen molar-refractivity contribution >= 4 is 35.4 Å². The van der Waals surface area contributed by atoms with E-state index >= 15 is 0 Å². The summed E-state index contributed by atoms with van der Waals surface area (Å²) in [6, 6.07) is 13.1. The monoisotopic (exact) mass is 427 g/mol. The van der Waals surface area contributed by atoms with E-state index in [-0.39, 0.29) is 11.3 Å². The average Bonchev–Trinajstić information content (AvgIpc) is 3.22. The maximum atomic E-state index is 12.1. The summed E-state index contributed by atoms with van der Waals surface area (Å²) in [5, 5.41) is 15.0. The summed E-state index contributed by atoms with van der Waals surface area (Å²) in [4.78, 5) is 34.0. The Morgan fingerprint density at radius 3 is 2.70 bits per heavy atom. The van der Waals surface area contributed by atoms with Gasteiger partial charge in [-0.3, -0.25) is 14.9 Å². The molecule has 1 amide bonds. The molecule has 30 heavy (non-hydrogen) atoms. The Labute approximate surface area is 175 Å². The van der Waals surface area contributed by atoms with Gasteiger partial charge in [0, 0.05) is 23.3 Å². The fourth-order valence-corrected chi connectivity index (χ4v) is 2.72. The topological polar surface area (TPSA) is 124 Å². The summed E-state index contributed by atoms with van der Waals surface area (Å²) in [5.41, 5.74) is 2.96. The van der Waals surface area contributed by atoms with Gasteiger partial charge in [0.2, 0.25) is 0 Å². The van der Waals surface area contributed by atoms with Gasteiger partial charge in [0.15, 0.2) is 0 Å². The number of halogens is 1. The summed E-state index contributed by atoms with van der Waals surface area (Å²) in [7, 11) is 1.28. The standard InChI is InChI=1S/C20H14ClN3O6/c1-29-20(26)13-5-7-17(21)16(10-13)18-8-6-15(30-18)11-22-23-19(25)12-3-2-4-14(9-12)24(27)28/h2-11H,1H3,(H,23,25)/b22-11-. The number of non-ortho nitro benzene ring substituents is 1. The largest absolute Gasteiger partial charge is 0.465 e. The Morgan fingerprint density at radius 2 is 1.97 bits per heavy atom. The van der Waals surface area contributed by atoms with Gasteiger partial charge in [-0.1, -0.05) is 17.7 Å². The number of nitro groups is 1. The van der Waals surface area contributed by atoms with Crippen LogP contribution in [-0.4, -0.2) is 30.1 Å². The summed E-state index contributed by atoms with van der Waals surface area (Å²) >= 11 is 6.19. The van der Waals surface area contributed by atoms with Crippen molar-refractivity contribution in [1.82, 2.24) is 5.43 Å². The number of rotatable bonds is 6. The molecule has 0 aliphatic rings. The van der Waals surface area contributed by atoms with Crippen molar-refractivity contribution in [3.05, 3.63) is 86.6 Å². The predicted molar refractivity (Wildman–Crippen MR) is 109 cm³/mol. The molecule has 9 nitrogen and oxygen atoms in total. The van der Waals surface area contributed by atoms with Crippen LogP contribution >= 0.6 is 11.6 Å². The van der Waals surface area contributed by atoms with Crippen molar-refractivity contribution < 1.29 is 23.7 Å². The second kappa shape index (κ2) is 9.01. The number of benzene rings is 2. The Hall–Kier alpha value is -3.98. The Bertz CT molecular complexity index is 1150. The van der Waals surface area contributed by atoms with Crippen LogP contribution in [0.5, 0.6) is 0 Å². The summed E-state index contributed by atoms with van der Waals surface area (Å²) in [6.45, 7) is 0. The maximum absolute atomic E-state index is 12.1. The number of hydrogen-bond acceptors (Lipinski definition) is 7. The third-order valence-electron chi connectivity index (χ3n) is 3.96. The van der Waals surface area contributed by atoms with Crippen LogP contribution in [0.15, 0.2) is 64.1 Å². The first-order valence-corrected chi connectivity index (χ1v) is 8.83. The van der Waals surface area contributed by atoms with Crippen molar-refractivity contribution in [2.45, 2.75) is 0 Å². The number of ether oxygens (including phenoxy) is 1. The zero-order valence-corrected chi connectivity index (χ0v) is 16.3. The van der Waals surface area contributed by atoms with Gasteiger partial charge >= 0.3 is 5.97 Å². The van der Waals surface area contributed by atoms with Crippen LogP contribution in [0.2, 0.25) is 5.02 Å². The Kier molecular flexibility index (Phi) is 6.23. The maximum Gasteiger partial charge on any atom is 0.337 e. The molecule has 2 aromatic carbocycles. The zero-order valence-electron chi connectivity index (χ0n) is 15.5. The van der Waals surface area contributed by atoms with Gasteiger partial charge in [0.1, 0.15) is 11.5 Å². The molecule has 1 heterocycles. The molecule has 3 rings (SSSR count). The molecule has 0 radical (unpaired) electrons. The van der Waals surface area contributed by atoms with Crippen LogP contribution < -0.4 is 5.43 Å². The fourth-order valence-electron chi connectivity index (χ4n) is 2.51. The van der Waals surface area contributed by atoms with E-state index in [9.17, 15) is 19.7 Å². The lowest BCUT2D eigenvalue weighted by Gasteiger charge is -2.04. The van der Waals surface area contributed by atoms with Crippen LogP contribution in [0.25, 0.3) is 11.3 Å². The average molecular weight is 428 g/mol. The molecule has 0 bridgehead atoms. The summed E-state index contributed by atoms with van der Waals surface area (Å²) in [5.74, 6) is -0.429. The first-order valence-electron chi connectivity index (χ1n) is 8.45. The highest BCUT2D eigenvalue weighted by Crippen LogP contribution is 2.30. The number of hydrogen-bond donors (Lipinski definition) is 1. The molecule has 0 saturated carbocycles. The van der Waals surface area contributed by atoms with Crippen molar-refractivity contribution in [2.24, 2.45) is 5.10 Å². The number of furan rings is 1. The first-order chi connectivity index (χ1) is 14.4. The van der Waals surface area contributed by atoms with E-state index in [4.69, 9.17) is 20.8 Å². The van der Waals surface area contributed by atoms with Gasteiger partial charge in [-0.15, -0.1) is 0 Å². The van der Waals surface area contributed by atoms with Crippen LogP contribution in [0.4, 0.5) is 5.69 Å². The smallest absolute Gasteiger partial charge is 0.337 e. The number of amides is 1. The molecule has 0 saturated heterocycles. The van der Waals surface area contributed by atoms with Gasteiger partial charge in [-0.25, -0.2) is 10.2 Å². The van der Waals surface area contributed by atoms with E-state index < -0.39 is 16.8 Å². The first kappa shape index (κ1) is 20.7. The number of carbonyl (C=O) groups is 2. The van der Waals surface area contributed by atoms with Gasteiger partial charge in [0.05, 0.1) is 28.8 Å². The number of esters is 1. The van der Waals surface area contributed by atoms with Crippen LogP contribution in [0.3, 0.4) is 0 Å². The van der Waals surface area contributed by atoms with Crippen molar-refractivity contribution in [2.75, 3.05) is 7.11 Å². The molecule has 0 atom stereocenters. The molecular formula is C20H14ClN3O6. The molecule has 0 aliphatic heterocycles.